The number of amides is 1. The molecule has 8 nitrogen and oxygen atoms in total. The summed E-state index contributed by atoms with van der Waals surface area (Å²) in [5.74, 6) is -1.25. The Kier molecular flexibility index (Phi) is 7.10. The highest BCUT2D eigenvalue weighted by molar-refractivity contribution is 7.99. The second-order valence-electron chi connectivity index (χ2n) is 5.10. The highest BCUT2D eigenvalue weighted by Crippen LogP contribution is 2.14. The van der Waals surface area contributed by atoms with Crippen LogP contribution in [0.2, 0.25) is 0 Å². The van der Waals surface area contributed by atoms with E-state index in [1.165, 1.54) is 11.8 Å². The number of nitrogens with zero attached hydrogens (tertiary/aromatic N) is 2. The van der Waals surface area contributed by atoms with Gasteiger partial charge in [-0.15, -0.1) is 0 Å². The van der Waals surface area contributed by atoms with Gasteiger partial charge in [-0.3, -0.25) is 9.59 Å². The molecule has 22 heavy (non-hydrogen) atoms. The van der Waals surface area contributed by atoms with Crippen molar-refractivity contribution in [3.63, 3.8) is 0 Å². The van der Waals surface area contributed by atoms with E-state index in [4.69, 9.17) is 9.84 Å². The second-order valence-corrected chi connectivity index (χ2v) is 8.27. The number of rotatable bonds is 7. The molecule has 1 saturated heterocycles. The zero-order valence-electron chi connectivity index (χ0n) is 12.9. The molecule has 10 heteroatoms. The van der Waals surface area contributed by atoms with Crippen LogP contribution in [-0.4, -0.2) is 91.3 Å². The average Bonchev–Trinajstić information content (AvgIpc) is 2.44. The first-order valence-electron chi connectivity index (χ1n) is 6.75. The van der Waals surface area contributed by atoms with Crippen LogP contribution in [-0.2, 0) is 24.3 Å². The number of carbonyl (C=O) groups excluding carboxylic acids is 1. The second kappa shape index (κ2) is 8.14. The third kappa shape index (κ3) is 5.75. The first-order valence-corrected chi connectivity index (χ1v) is 9.89. The summed E-state index contributed by atoms with van der Waals surface area (Å²) in [7, 11) is -3.65. The molecule has 0 aromatic heterocycles. The summed E-state index contributed by atoms with van der Waals surface area (Å²) in [6.07, 6.45) is 2.27. The molecule has 0 aromatic rings. The van der Waals surface area contributed by atoms with Crippen molar-refractivity contribution in [2.45, 2.75) is 18.3 Å². The van der Waals surface area contributed by atoms with Gasteiger partial charge in [0.2, 0.25) is 15.9 Å². The van der Waals surface area contributed by atoms with Gasteiger partial charge in [-0.1, -0.05) is 0 Å². The van der Waals surface area contributed by atoms with Crippen molar-refractivity contribution in [1.82, 2.24) is 9.21 Å². The van der Waals surface area contributed by atoms with Crippen LogP contribution in [0.5, 0.6) is 0 Å². The molecular weight excluding hydrogens is 332 g/mol. The van der Waals surface area contributed by atoms with Gasteiger partial charge in [0.25, 0.3) is 0 Å². The minimum atomic E-state index is -3.65. The number of morpholine rings is 1. The van der Waals surface area contributed by atoms with E-state index in [2.05, 4.69) is 0 Å². The van der Waals surface area contributed by atoms with Crippen molar-refractivity contribution in [3.05, 3.63) is 0 Å². The van der Waals surface area contributed by atoms with E-state index >= 15 is 0 Å². The van der Waals surface area contributed by atoms with E-state index in [1.807, 2.05) is 13.2 Å². The zero-order valence-corrected chi connectivity index (χ0v) is 14.5. The number of aliphatic carboxylic acids is 1. The Hall–Kier alpha value is -0.840. The number of thioether (sulfide) groups is 1. The lowest BCUT2D eigenvalue weighted by molar-refractivity contribution is -0.140. The molecule has 0 bridgehead atoms. The van der Waals surface area contributed by atoms with Gasteiger partial charge >= 0.3 is 5.97 Å². The SMILES string of the molecule is CSC(C)C(=O)N1CCOC(CN(CC(=O)O)S(C)(=O)=O)C1. The summed E-state index contributed by atoms with van der Waals surface area (Å²) in [6, 6.07) is 0. The molecule has 1 rings (SSSR count). The number of hydrogen-bond acceptors (Lipinski definition) is 6. The van der Waals surface area contributed by atoms with E-state index < -0.39 is 28.6 Å². The Morgan fingerprint density at radius 3 is 2.64 bits per heavy atom. The van der Waals surface area contributed by atoms with Crippen LogP contribution in [0.25, 0.3) is 0 Å². The number of sulfonamides is 1. The Morgan fingerprint density at radius 2 is 2.14 bits per heavy atom. The molecular formula is C12H22N2O6S2. The molecule has 0 saturated carbocycles. The van der Waals surface area contributed by atoms with Gasteiger partial charge in [0.05, 0.1) is 24.2 Å². The number of hydrogen-bond donors (Lipinski definition) is 1. The lowest BCUT2D eigenvalue weighted by Crippen LogP contribution is -2.52. The van der Waals surface area contributed by atoms with Crippen LogP contribution in [0.4, 0.5) is 0 Å². The van der Waals surface area contributed by atoms with Gasteiger partial charge < -0.3 is 14.7 Å². The average molecular weight is 354 g/mol. The molecule has 0 aromatic carbocycles. The fourth-order valence-corrected chi connectivity index (χ4v) is 3.22. The highest BCUT2D eigenvalue weighted by atomic mass is 32.2. The first-order chi connectivity index (χ1) is 10.1. The van der Waals surface area contributed by atoms with Crippen LogP contribution in [0.3, 0.4) is 0 Å². The van der Waals surface area contributed by atoms with Gasteiger partial charge in [-0.05, 0) is 13.2 Å². The Morgan fingerprint density at radius 1 is 1.50 bits per heavy atom. The lowest BCUT2D eigenvalue weighted by atomic mass is 10.2. The zero-order chi connectivity index (χ0) is 16.9. The van der Waals surface area contributed by atoms with Gasteiger partial charge in [0.1, 0.15) is 6.54 Å². The smallest absolute Gasteiger partial charge is 0.318 e. The monoisotopic (exact) mass is 354 g/mol. The quantitative estimate of drug-likeness (QED) is 0.645. The van der Waals surface area contributed by atoms with Gasteiger partial charge in [0, 0.05) is 19.6 Å². The number of carboxylic acids is 1. The molecule has 1 amide bonds. The minimum Gasteiger partial charge on any atom is -0.480 e. The van der Waals surface area contributed by atoms with Gasteiger partial charge in [-0.25, -0.2) is 8.42 Å². The molecule has 0 radical (unpaired) electrons. The summed E-state index contributed by atoms with van der Waals surface area (Å²) in [6.45, 7) is 2.14. The number of ether oxygens (including phenoxy) is 1. The summed E-state index contributed by atoms with van der Waals surface area (Å²) in [4.78, 5) is 24.6. The molecule has 0 spiro atoms. The van der Waals surface area contributed by atoms with Crippen LogP contribution in [0, 0.1) is 0 Å². The summed E-state index contributed by atoms with van der Waals surface area (Å²) in [5, 5.41) is 8.63. The minimum absolute atomic E-state index is 0.0232. The van der Waals surface area contributed by atoms with Crippen molar-refractivity contribution in [3.8, 4) is 0 Å². The van der Waals surface area contributed by atoms with E-state index in [9.17, 15) is 18.0 Å². The summed E-state index contributed by atoms with van der Waals surface area (Å²) < 4.78 is 29.6. The van der Waals surface area contributed by atoms with E-state index in [1.54, 1.807) is 4.90 Å². The summed E-state index contributed by atoms with van der Waals surface area (Å²) in [5.41, 5.74) is 0. The Balaban J connectivity index is 2.71. The molecule has 1 aliphatic heterocycles. The number of carbonyl (C=O) groups is 2. The maximum atomic E-state index is 12.2. The first kappa shape index (κ1) is 19.2. The van der Waals surface area contributed by atoms with Gasteiger partial charge in [-0.2, -0.15) is 16.1 Å². The van der Waals surface area contributed by atoms with Crippen LogP contribution in [0.1, 0.15) is 6.92 Å². The van der Waals surface area contributed by atoms with Crippen molar-refractivity contribution in [2.75, 3.05) is 45.3 Å². The fraction of sp³-hybridized carbons (Fsp3) is 0.833. The van der Waals surface area contributed by atoms with Gasteiger partial charge in [0.15, 0.2) is 0 Å². The van der Waals surface area contributed by atoms with Crippen LogP contribution in [0.15, 0.2) is 0 Å². The highest BCUT2D eigenvalue weighted by Gasteiger charge is 2.30. The largest absolute Gasteiger partial charge is 0.480 e. The maximum absolute atomic E-state index is 12.2. The molecule has 1 aliphatic rings. The standard InChI is InChI=1S/C12H22N2O6S2/c1-9(21-2)12(17)13-4-5-20-10(6-13)7-14(8-11(15)16)22(3,18)19/h9-10H,4-8H2,1-3H3,(H,15,16). The van der Waals surface area contributed by atoms with Crippen LogP contribution < -0.4 is 0 Å². The van der Waals surface area contributed by atoms with Crippen molar-refractivity contribution < 1.29 is 27.9 Å². The normalized spacial score (nSPS) is 20.9. The van der Waals surface area contributed by atoms with E-state index in [0.29, 0.717) is 13.2 Å². The lowest BCUT2D eigenvalue weighted by Gasteiger charge is -2.35. The van der Waals surface area contributed by atoms with Crippen molar-refractivity contribution >= 4 is 33.7 Å². The molecule has 2 unspecified atom stereocenters. The third-order valence-corrected chi connectivity index (χ3v) is 5.46. The van der Waals surface area contributed by atoms with Crippen LogP contribution >= 0.6 is 11.8 Å². The van der Waals surface area contributed by atoms with E-state index in [-0.39, 0.29) is 24.2 Å². The molecule has 128 valence electrons. The predicted octanol–water partition coefficient (Wildman–Crippen LogP) is -0.688. The number of carboxylic acid groups (broad SMARTS) is 1. The topological polar surface area (TPSA) is 104 Å². The molecule has 1 fully saturated rings. The predicted molar refractivity (Wildman–Crippen MR) is 83.3 cm³/mol. The Bertz CT molecular complexity index is 510. The molecule has 2 atom stereocenters. The Labute approximate surface area is 134 Å². The fourth-order valence-electron chi connectivity index (χ4n) is 2.08. The maximum Gasteiger partial charge on any atom is 0.318 e. The van der Waals surface area contributed by atoms with Crippen molar-refractivity contribution in [1.29, 1.82) is 0 Å². The third-order valence-electron chi connectivity index (χ3n) is 3.34. The molecule has 1 N–H and O–H groups in total. The summed E-state index contributed by atoms with van der Waals surface area (Å²) >= 11 is 1.44. The van der Waals surface area contributed by atoms with Crippen molar-refractivity contribution in [2.24, 2.45) is 0 Å². The van der Waals surface area contributed by atoms with E-state index in [0.717, 1.165) is 10.6 Å². The molecule has 0 aliphatic carbocycles. The molecule has 1 heterocycles.